The summed E-state index contributed by atoms with van der Waals surface area (Å²) in [5, 5.41) is 16.8. The van der Waals surface area contributed by atoms with E-state index in [1.807, 2.05) is 0 Å². The lowest BCUT2D eigenvalue weighted by Gasteiger charge is -2.03. The SMILES string of the molecule is C=COC=C.CC(O)C(C)O. The van der Waals surface area contributed by atoms with Gasteiger partial charge in [0, 0.05) is 0 Å². The van der Waals surface area contributed by atoms with Gasteiger partial charge in [-0.2, -0.15) is 0 Å². The van der Waals surface area contributed by atoms with Crippen molar-refractivity contribution in [2.24, 2.45) is 0 Å². The Labute approximate surface area is 67.6 Å². The molecule has 11 heavy (non-hydrogen) atoms. The first kappa shape index (κ1) is 12.8. The summed E-state index contributed by atoms with van der Waals surface area (Å²) in [5.41, 5.74) is 0. The second-order valence-corrected chi connectivity index (χ2v) is 1.95. The van der Waals surface area contributed by atoms with Crippen LogP contribution in [-0.4, -0.2) is 22.4 Å². The van der Waals surface area contributed by atoms with Gasteiger partial charge < -0.3 is 14.9 Å². The van der Waals surface area contributed by atoms with Crippen LogP contribution in [0.15, 0.2) is 25.7 Å². The Bertz CT molecular complexity index is 85.5. The molecule has 0 aliphatic carbocycles. The van der Waals surface area contributed by atoms with Crippen LogP contribution in [0.4, 0.5) is 0 Å². The Kier molecular flexibility index (Phi) is 10.7. The lowest BCUT2D eigenvalue weighted by atomic mass is 10.3. The fourth-order valence-electron chi connectivity index (χ4n) is 0.0680. The van der Waals surface area contributed by atoms with Gasteiger partial charge >= 0.3 is 0 Å². The second-order valence-electron chi connectivity index (χ2n) is 1.95. The van der Waals surface area contributed by atoms with E-state index in [9.17, 15) is 0 Å². The van der Waals surface area contributed by atoms with E-state index < -0.39 is 12.2 Å². The molecule has 0 aliphatic heterocycles. The number of hydrogen-bond donors (Lipinski definition) is 2. The number of hydrogen-bond acceptors (Lipinski definition) is 3. The minimum absolute atomic E-state index is 0.593. The van der Waals surface area contributed by atoms with E-state index in [4.69, 9.17) is 10.2 Å². The third-order valence-electron chi connectivity index (χ3n) is 0.891. The molecule has 0 fully saturated rings. The maximum absolute atomic E-state index is 8.38. The van der Waals surface area contributed by atoms with E-state index >= 15 is 0 Å². The van der Waals surface area contributed by atoms with Crippen molar-refractivity contribution >= 4 is 0 Å². The molecule has 2 atom stereocenters. The van der Waals surface area contributed by atoms with Gasteiger partial charge in [-0.15, -0.1) is 0 Å². The maximum atomic E-state index is 8.38. The van der Waals surface area contributed by atoms with Crippen molar-refractivity contribution < 1.29 is 14.9 Å². The van der Waals surface area contributed by atoms with Gasteiger partial charge in [0.2, 0.25) is 0 Å². The van der Waals surface area contributed by atoms with Crippen molar-refractivity contribution in [3.8, 4) is 0 Å². The fraction of sp³-hybridized carbons (Fsp3) is 0.500. The van der Waals surface area contributed by atoms with Crippen LogP contribution in [0.25, 0.3) is 0 Å². The number of aliphatic hydroxyl groups is 2. The van der Waals surface area contributed by atoms with Crippen LogP contribution in [0, 0.1) is 0 Å². The molecule has 0 spiro atoms. The highest BCUT2D eigenvalue weighted by molar-refractivity contribution is 4.57. The van der Waals surface area contributed by atoms with E-state index in [1.165, 1.54) is 12.5 Å². The van der Waals surface area contributed by atoms with E-state index in [0.717, 1.165) is 0 Å². The summed E-state index contributed by atoms with van der Waals surface area (Å²) >= 11 is 0. The molecule has 3 nitrogen and oxygen atoms in total. The number of ether oxygens (including phenoxy) is 1. The van der Waals surface area contributed by atoms with Gasteiger partial charge in [-0.3, -0.25) is 0 Å². The van der Waals surface area contributed by atoms with Crippen molar-refractivity contribution in [1.82, 2.24) is 0 Å². The zero-order chi connectivity index (χ0) is 9.28. The van der Waals surface area contributed by atoms with Crippen LogP contribution in [-0.2, 0) is 4.74 Å². The van der Waals surface area contributed by atoms with Gasteiger partial charge in [-0.05, 0) is 13.8 Å². The molecular formula is C8H16O3. The van der Waals surface area contributed by atoms with Crippen molar-refractivity contribution in [3.63, 3.8) is 0 Å². The van der Waals surface area contributed by atoms with Gasteiger partial charge in [-0.1, -0.05) is 13.2 Å². The monoisotopic (exact) mass is 160 g/mol. The summed E-state index contributed by atoms with van der Waals surface area (Å²) in [6, 6.07) is 0. The van der Waals surface area contributed by atoms with Crippen LogP contribution in [0.3, 0.4) is 0 Å². The highest BCUT2D eigenvalue weighted by Gasteiger charge is 1.99. The average Bonchev–Trinajstić information content (AvgIpc) is 1.90. The van der Waals surface area contributed by atoms with Crippen molar-refractivity contribution in [1.29, 1.82) is 0 Å². The Morgan fingerprint density at radius 3 is 1.36 bits per heavy atom. The molecule has 2 N–H and O–H groups in total. The standard InChI is InChI=1S/C4H10O2.C4H6O/c1-3(5)4(2)6;1-3-5-4-2/h3-6H,1-2H3;3-4H,1-2H2. The van der Waals surface area contributed by atoms with Crippen molar-refractivity contribution in [2.75, 3.05) is 0 Å². The summed E-state index contributed by atoms with van der Waals surface area (Å²) in [4.78, 5) is 0. The summed E-state index contributed by atoms with van der Waals surface area (Å²) in [6.07, 6.45) is 1.44. The van der Waals surface area contributed by atoms with Gasteiger partial charge in [0.1, 0.15) is 0 Å². The van der Waals surface area contributed by atoms with Crippen LogP contribution < -0.4 is 0 Å². The Morgan fingerprint density at radius 2 is 1.36 bits per heavy atom. The topological polar surface area (TPSA) is 49.7 Å². The molecule has 0 aromatic carbocycles. The van der Waals surface area contributed by atoms with Crippen molar-refractivity contribution in [2.45, 2.75) is 26.1 Å². The Hall–Kier alpha value is -0.800. The van der Waals surface area contributed by atoms with E-state index in [-0.39, 0.29) is 0 Å². The van der Waals surface area contributed by atoms with E-state index in [1.54, 1.807) is 13.8 Å². The van der Waals surface area contributed by atoms with Crippen LogP contribution >= 0.6 is 0 Å². The molecule has 0 rings (SSSR count). The molecule has 0 aromatic rings. The molecule has 0 aliphatic rings. The Balaban J connectivity index is 0. The first-order chi connectivity index (χ1) is 5.06. The first-order valence-corrected chi connectivity index (χ1v) is 3.29. The maximum Gasteiger partial charge on any atom is 0.0829 e. The minimum atomic E-state index is -0.593. The molecule has 0 aromatic heterocycles. The van der Waals surface area contributed by atoms with E-state index in [2.05, 4.69) is 17.9 Å². The molecule has 0 bridgehead atoms. The van der Waals surface area contributed by atoms with Crippen LogP contribution in [0.1, 0.15) is 13.8 Å². The van der Waals surface area contributed by atoms with Gasteiger partial charge in [-0.25, -0.2) is 0 Å². The molecule has 66 valence electrons. The third kappa shape index (κ3) is 17.6. The van der Waals surface area contributed by atoms with Crippen LogP contribution in [0.2, 0.25) is 0 Å². The van der Waals surface area contributed by atoms with E-state index in [0.29, 0.717) is 0 Å². The minimum Gasteiger partial charge on any atom is -0.474 e. The summed E-state index contributed by atoms with van der Waals surface area (Å²) in [7, 11) is 0. The Morgan fingerprint density at radius 1 is 1.09 bits per heavy atom. The molecule has 0 saturated heterocycles. The normalized spacial score (nSPS) is 13.5. The summed E-state index contributed by atoms with van der Waals surface area (Å²) < 4.78 is 4.36. The highest BCUT2D eigenvalue weighted by atomic mass is 16.5. The van der Waals surface area contributed by atoms with Gasteiger partial charge in [0.05, 0.1) is 24.7 Å². The van der Waals surface area contributed by atoms with Gasteiger partial charge in [0.25, 0.3) is 0 Å². The van der Waals surface area contributed by atoms with Gasteiger partial charge in [0.15, 0.2) is 0 Å². The second kappa shape index (κ2) is 9.20. The quantitative estimate of drug-likeness (QED) is 0.606. The molecule has 0 heterocycles. The first-order valence-electron chi connectivity index (χ1n) is 3.29. The summed E-state index contributed by atoms with van der Waals surface area (Å²) in [6.45, 7) is 9.61. The number of aliphatic hydroxyl groups excluding tert-OH is 2. The van der Waals surface area contributed by atoms with Crippen molar-refractivity contribution in [3.05, 3.63) is 25.7 Å². The molecular weight excluding hydrogens is 144 g/mol. The zero-order valence-corrected chi connectivity index (χ0v) is 7.03. The predicted molar refractivity (Wildman–Crippen MR) is 44.8 cm³/mol. The fourth-order valence-corrected chi connectivity index (χ4v) is 0.0680. The predicted octanol–water partition coefficient (Wildman–Crippen LogP) is 1.04. The zero-order valence-electron chi connectivity index (χ0n) is 7.03. The highest BCUT2D eigenvalue weighted by Crippen LogP contribution is 1.85. The molecule has 0 radical (unpaired) electrons. The molecule has 3 heteroatoms. The largest absolute Gasteiger partial charge is 0.474 e. The lowest BCUT2D eigenvalue weighted by molar-refractivity contribution is 0.0438. The smallest absolute Gasteiger partial charge is 0.0829 e. The lowest BCUT2D eigenvalue weighted by Crippen LogP contribution is -2.17. The number of rotatable bonds is 3. The third-order valence-corrected chi connectivity index (χ3v) is 0.891. The average molecular weight is 160 g/mol. The molecule has 0 saturated carbocycles. The van der Waals surface area contributed by atoms with Crippen LogP contribution in [0.5, 0.6) is 0 Å². The summed E-state index contributed by atoms with van der Waals surface area (Å²) in [5.74, 6) is 0. The molecule has 2 unspecified atom stereocenters. The molecule has 0 amide bonds.